The maximum Gasteiger partial charge on any atom is 0.573 e. The van der Waals surface area contributed by atoms with Crippen molar-refractivity contribution < 1.29 is 30.7 Å². The van der Waals surface area contributed by atoms with E-state index in [1.54, 1.807) is 12.1 Å². The van der Waals surface area contributed by atoms with Crippen LogP contribution in [0.5, 0.6) is 5.75 Å². The minimum Gasteiger partial charge on any atom is -0.468 e. The van der Waals surface area contributed by atoms with Crippen molar-refractivity contribution in [2.75, 3.05) is 19.6 Å². The van der Waals surface area contributed by atoms with Gasteiger partial charge >= 0.3 is 6.36 Å². The largest absolute Gasteiger partial charge is 0.573 e. The highest BCUT2D eigenvalue weighted by atomic mass is 32.2. The van der Waals surface area contributed by atoms with Crippen molar-refractivity contribution in [1.82, 2.24) is 9.62 Å². The lowest BCUT2D eigenvalue weighted by molar-refractivity contribution is -0.275. The zero-order valence-corrected chi connectivity index (χ0v) is 15.8. The van der Waals surface area contributed by atoms with E-state index >= 15 is 0 Å². The van der Waals surface area contributed by atoms with Gasteiger partial charge in [-0.15, -0.1) is 13.2 Å². The number of sulfonamides is 1. The summed E-state index contributed by atoms with van der Waals surface area (Å²) in [5.41, 5.74) is 0. The fourth-order valence-electron chi connectivity index (χ4n) is 3.27. The van der Waals surface area contributed by atoms with Gasteiger partial charge in [-0.2, -0.15) is 0 Å². The summed E-state index contributed by atoms with van der Waals surface area (Å²) in [7, 11) is -4.23. The van der Waals surface area contributed by atoms with Gasteiger partial charge in [0.25, 0.3) is 0 Å². The second-order valence-electron chi connectivity index (χ2n) is 6.47. The van der Waals surface area contributed by atoms with Gasteiger partial charge in [0, 0.05) is 6.54 Å². The van der Waals surface area contributed by atoms with E-state index in [0.717, 1.165) is 44.5 Å². The Labute approximate surface area is 161 Å². The number of hydrogen-bond donors (Lipinski definition) is 1. The fourth-order valence-corrected chi connectivity index (χ4v) is 4.43. The number of alkyl halides is 3. The van der Waals surface area contributed by atoms with E-state index in [0.29, 0.717) is 5.76 Å². The Morgan fingerprint density at radius 2 is 1.82 bits per heavy atom. The van der Waals surface area contributed by atoms with Crippen LogP contribution in [0.1, 0.15) is 31.1 Å². The molecular formula is C18H21F3N2O4S. The van der Waals surface area contributed by atoms with Crippen molar-refractivity contribution >= 4 is 10.0 Å². The lowest BCUT2D eigenvalue weighted by Crippen LogP contribution is -2.40. The number of hydrogen-bond acceptors (Lipinski definition) is 5. The molecular weight excluding hydrogens is 397 g/mol. The smallest absolute Gasteiger partial charge is 0.468 e. The number of nitrogens with zero attached hydrogens (tertiary/aromatic N) is 1. The lowest BCUT2D eigenvalue weighted by Gasteiger charge is -2.33. The van der Waals surface area contributed by atoms with E-state index in [1.165, 1.54) is 18.4 Å². The highest BCUT2D eigenvalue weighted by Crippen LogP contribution is 2.30. The molecule has 1 unspecified atom stereocenters. The molecule has 10 heteroatoms. The van der Waals surface area contributed by atoms with Gasteiger partial charge in [0.1, 0.15) is 16.4 Å². The van der Waals surface area contributed by atoms with Gasteiger partial charge in [0.05, 0.1) is 12.3 Å². The maximum atomic E-state index is 12.7. The van der Waals surface area contributed by atoms with Crippen molar-refractivity contribution in [3.63, 3.8) is 0 Å². The summed E-state index contributed by atoms with van der Waals surface area (Å²) in [6.45, 7) is 1.55. The van der Waals surface area contributed by atoms with Crippen molar-refractivity contribution in [2.45, 2.75) is 36.6 Å². The number of furan rings is 1. The SMILES string of the molecule is O=S(=O)(NCC(c1ccco1)N1CCCCC1)c1ccccc1OC(F)(F)F. The van der Waals surface area contributed by atoms with Crippen LogP contribution >= 0.6 is 0 Å². The molecule has 0 radical (unpaired) electrons. The molecule has 2 heterocycles. The maximum absolute atomic E-state index is 12.7. The monoisotopic (exact) mass is 418 g/mol. The third kappa shape index (κ3) is 5.27. The van der Waals surface area contributed by atoms with E-state index in [-0.39, 0.29) is 12.6 Å². The van der Waals surface area contributed by atoms with Crippen LogP contribution in [0.4, 0.5) is 13.2 Å². The van der Waals surface area contributed by atoms with Crippen molar-refractivity contribution in [1.29, 1.82) is 0 Å². The van der Waals surface area contributed by atoms with Gasteiger partial charge < -0.3 is 9.15 Å². The zero-order chi connectivity index (χ0) is 20.2. The van der Waals surface area contributed by atoms with Crippen molar-refractivity contribution in [3.8, 4) is 5.75 Å². The molecule has 1 atom stereocenters. The third-order valence-corrected chi connectivity index (χ3v) is 6.00. The number of para-hydroxylation sites is 1. The molecule has 1 aliphatic heterocycles. The van der Waals surface area contributed by atoms with Crippen LogP contribution in [-0.2, 0) is 10.0 Å². The third-order valence-electron chi connectivity index (χ3n) is 4.53. The average Bonchev–Trinajstić information content (AvgIpc) is 3.16. The second kappa shape index (κ2) is 8.54. The molecule has 1 aliphatic rings. The number of ether oxygens (including phenoxy) is 1. The van der Waals surface area contributed by atoms with Gasteiger partial charge in [0.15, 0.2) is 0 Å². The highest BCUT2D eigenvalue weighted by molar-refractivity contribution is 7.89. The Morgan fingerprint density at radius 3 is 2.46 bits per heavy atom. The minimum absolute atomic E-state index is 0.0315. The van der Waals surface area contributed by atoms with E-state index < -0.39 is 27.0 Å². The molecule has 1 N–H and O–H groups in total. The van der Waals surface area contributed by atoms with Crippen LogP contribution in [0.2, 0.25) is 0 Å². The quantitative estimate of drug-likeness (QED) is 0.743. The minimum atomic E-state index is -4.99. The molecule has 2 aromatic rings. The van der Waals surface area contributed by atoms with Crippen LogP contribution < -0.4 is 9.46 Å². The average molecular weight is 418 g/mol. The number of rotatable bonds is 7. The first-order chi connectivity index (χ1) is 13.3. The fraction of sp³-hybridized carbons (Fsp3) is 0.444. The van der Waals surface area contributed by atoms with E-state index in [1.807, 2.05) is 0 Å². The van der Waals surface area contributed by atoms with Crippen LogP contribution in [-0.4, -0.2) is 39.3 Å². The Hall–Kier alpha value is -2.04. The van der Waals surface area contributed by atoms with Crippen LogP contribution in [0, 0.1) is 0 Å². The summed E-state index contributed by atoms with van der Waals surface area (Å²) in [6.07, 6.45) is -0.392. The summed E-state index contributed by atoms with van der Waals surface area (Å²) in [5.74, 6) is -0.167. The van der Waals surface area contributed by atoms with Crippen molar-refractivity contribution in [3.05, 3.63) is 48.4 Å². The Kier molecular flexibility index (Phi) is 6.31. The first-order valence-electron chi connectivity index (χ1n) is 8.88. The van der Waals surface area contributed by atoms with Crippen LogP contribution in [0.15, 0.2) is 52.0 Å². The molecule has 0 saturated carbocycles. The molecule has 28 heavy (non-hydrogen) atoms. The first-order valence-corrected chi connectivity index (χ1v) is 10.4. The number of likely N-dealkylation sites (tertiary alicyclic amines) is 1. The summed E-state index contributed by atoms with van der Waals surface area (Å²) in [6, 6.07) is 7.79. The topological polar surface area (TPSA) is 71.8 Å². The summed E-state index contributed by atoms with van der Waals surface area (Å²) >= 11 is 0. The van der Waals surface area contributed by atoms with Gasteiger partial charge in [-0.05, 0) is 50.2 Å². The molecule has 154 valence electrons. The molecule has 1 fully saturated rings. The highest BCUT2D eigenvalue weighted by Gasteiger charge is 2.34. The Balaban J connectivity index is 1.79. The summed E-state index contributed by atoms with van der Waals surface area (Å²) in [5, 5.41) is 0. The molecule has 1 aromatic carbocycles. The van der Waals surface area contributed by atoms with Gasteiger partial charge in [-0.3, -0.25) is 4.90 Å². The normalized spacial score (nSPS) is 17.4. The molecule has 6 nitrogen and oxygen atoms in total. The van der Waals surface area contributed by atoms with Crippen LogP contribution in [0.25, 0.3) is 0 Å². The first kappa shape index (κ1) is 20.7. The van der Waals surface area contributed by atoms with Gasteiger partial charge in [-0.1, -0.05) is 18.6 Å². The summed E-state index contributed by atoms with van der Waals surface area (Å²) in [4.78, 5) is 1.55. The lowest BCUT2D eigenvalue weighted by atomic mass is 10.1. The van der Waals surface area contributed by atoms with Gasteiger partial charge in [-0.25, -0.2) is 13.1 Å². The second-order valence-corrected chi connectivity index (χ2v) is 8.21. The standard InChI is InChI=1S/C18H21F3N2O4S/c19-18(20,21)27-16-7-2-3-9-17(16)28(24,25)22-13-14(15-8-6-12-26-15)23-10-4-1-5-11-23/h2-3,6-9,12,14,22H,1,4-5,10-11,13H2. The molecule has 0 bridgehead atoms. The zero-order valence-electron chi connectivity index (χ0n) is 15.0. The van der Waals surface area contributed by atoms with Crippen molar-refractivity contribution in [2.24, 2.45) is 0 Å². The predicted molar refractivity (Wildman–Crippen MR) is 95.2 cm³/mol. The van der Waals surface area contributed by atoms with E-state index in [4.69, 9.17) is 4.42 Å². The Bertz CT molecular complexity index is 863. The van der Waals surface area contributed by atoms with Crippen LogP contribution in [0.3, 0.4) is 0 Å². The molecule has 3 rings (SSSR count). The molecule has 0 amide bonds. The number of halogens is 3. The number of benzene rings is 1. The number of nitrogens with one attached hydrogen (secondary N) is 1. The van der Waals surface area contributed by atoms with E-state index in [2.05, 4.69) is 14.4 Å². The molecule has 1 aromatic heterocycles. The van der Waals surface area contributed by atoms with E-state index in [9.17, 15) is 21.6 Å². The Morgan fingerprint density at radius 1 is 1.11 bits per heavy atom. The summed E-state index contributed by atoms with van der Waals surface area (Å²) < 4.78 is 74.9. The predicted octanol–water partition coefficient (Wildman–Crippen LogP) is 3.68. The molecule has 1 saturated heterocycles. The van der Waals surface area contributed by atoms with Gasteiger partial charge in [0.2, 0.25) is 10.0 Å². The molecule has 0 aliphatic carbocycles. The molecule has 0 spiro atoms. The number of piperidine rings is 1.